The molecule has 0 saturated heterocycles. The molecule has 0 radical (unpaired) electrons. The van der Waals surface area contributed by atoms with E-state index >= 15 is 0 Å². The van der Waals surface area contributed by atoms with Gasteiger partial charge in [-0.15, -0.1) is 0 Å². The van der Waals surface area contributed by atoms with Crippen molar-refractivity contribution in [3.63, 3.8) is 0 Å². The van der Waals surface area contributed by atoms with Crippen molar-refractivity contribution < 1.29 is 4.49 Å². The molecule has 0 unspecified atom stereocenters. The molecule has 0 aliphatic rings. The minimum absolute atomic E-state index is 0.828. The normalized spacial score (nSPS) is 12.5. The maximum atomic E-state index is 7.76. The SMILES string of the molecule is CCCCCCC[CH2][Sn]([Cl])([CH2]CCCCCCC)[O][Sn]([CH2]CCCCCCC)([CH2]CCCCCCC)[O]CC. The molecule has 0 aliphatic heterocycles. The first-order valence-corrected chi connectivity index (χ1v) is 33.2. The van der Waals surface area contributed by atoms with Crippen molar-refractivity contribution in [3.8, 4) is 0 Å². The van der Waals surface area contributed by atoms with Crippen LogP contribution in [0.5, 0.6) is 0 Å². The van der Waals surface area contributed by atoms with E-state index in [1.807, 2.05) is 0 Å². The summed E-state index contributed by atoms with van der Waals surface area (Å²) in [7, 11) is 7.76. The summed E-state index contributed by atoms with van der Waals surface area (Å²) in [6.07, 6.45) is 32.5. The molecule has 0 spiro atoms. The molecule has 0 aromatic rings. The van der Waals surface area contributed by atoms with Gasteiger partial charge in [0.1, 0.15) is 0 Å². The summed E-state index contributed by atoms with van der Waals surface area (Å²) < 4.78 is 19.3. The quantitative estimate of drug-likeness (QED) is 0.0499. The van der Waals surface area contributed by atoms with Crippen molar-refractivity contribution in [3.05, 3.63) is 0 Å². The van der Waals surface area contributed by atoms with Crippen LogP contribution in [0.15, 0.2) is 0 Å². The van der Waals surface area contributed by atoms with Gasteiger partial charge in [0.05, 0.1) is 0 Å². The minimum atomic E-state index is -3.21. The van der Waals surface area contributed by atoms with E-state index in [0.29, 0.717) is 0 Å². The molecular weight excluding hydrogens is 713 g/mol. The van der Waals surface area contributed by atoms with Crippen LogP contribution in [0.4, 0.5) is 0 Å². The van der Waals surface area contributed by atoms with Crippen LogP contribution in [0.1, 0.15) is 189 Å². The van der Waals surface area contributed by atoms with E-state index in [0.717, 1.165) is 6.61 Å². The Hall–Kier alpha value is 1.81. The van der Waals surface area contributed by atoms with E-state index in [-0.39, 0.29) is 0 Å². The van der Waals surface area contributed by atoms with Crippen molar-refractivity contribution in [2.24, 2.45) is 0 Å². The fourth-order valence-corrected chi connectivity index (χ4v) is 51.7. The van der Waals surface area contributed by atoms with Crippen molar-refractivity contribution >= 4 is 45.8 Å². The van der Waals surface area contributed by atoms with Crippen molar-refractivity contribution in [2.45, 2.75) is 206 Å². The molecule has 0 N–H and O–H groups in total. The standard InChI is InChI=1S/4C8H17.C2H5O.ClH.O.2Sn/c4*1-3-5-7-8-6-4-2;1-2-3;;;;/h4*1,3-8H2,2H3;2H2,1H3;1H;;;/q;;;;-1;;;2*+1/p-1. The Labute approximate surface area is 261 Å². The van der Waals surface area contributed by atoms with Gasteiger partial charge in [-0.25, -0.2) is 0 Å². The second-order valence-electron chi connectivity index (χ2n) is 12.4. The van der Waals surface area contributed by atoms with Crippen LogP contribution in [0.25, 0.3) is 0 Å². The van der Waals surface area contributed by atoms with Gasteiger partial charge in [0.2, 0.25) is 0 Å². The van der Waals surface area contributed by atoms with Gasteiger partial charge in [-0.1, -0.05) is 0 Å². The van der Waals surface area contributed by atoms with Crippen molar-refractivity contribution in [2.75, 3.05) is 6.61 Å². The molecular formula is C34H73ClO2Sn2. The summed E-state index contributed by atoms with van der Waals surface area (Å²) in [4.78, 5) is 0. The monoisotopic (exact) mass is 788 g/mol. The third kappa shape index (κ3) is 24.9. The van der Waals surface area contributed by atoms with Gasteiger partial charge in [0.25, 0.3) is 0 Å². The fourth-order valence-electron chi connectivity index (χ4n) is 5.91. The van der Waals surface area contributed by atoms with E-state index in [2.05, 4.69) is 34.6 Å². The molecule has 236 valence electrons. The summed E-state index contributed by atoms with van der Waals surface area (Å²) in [6, 6.07) is 0. The summed E-state index contributed by atoms with van der Waals surface area (Å²) >= 11 is -6.41. The van der Waals surface area contributed by atoms with Crippen LogP contribution < -0.4 is 0 Å². The van der Waals surface area contributed by atoms with Crippen molar-refractivity contribution in [1.82, 2.24) is 0 Å². The van der Waals surface area contributed by atoms with Gasteiger partial charge in [-0.2, -0.15) is 0 Å². The predicted molar refractivity (Wildman–Crippen MR) is 183 cm³/mol. The second-order valence-corrected chi connectivity index (χ2v) is 38.3. The zero-order valence-corrected chi connectivity index (χ0v) is 34.2. The first-order valence-electron chi connectivity index (χ1n) is 18.0. The predicted octanol–water partition coefficient (Wildman–Crippen LogP) is 13.6. The van der Waals surface area contributed by atoms with Crippen LogP contribution in [0.3, 0.4) is 0 Å². The topological polar surface area (TPSA) is 18.5 Å². The summed E-state index contributed by atoms with van der Waals surface area (Å²) in [5, 5.41) is 0. The Morgan fingerprint density at radius 3 is 0.974 bits per heavy atom. The van der Waals surface area contributed by atoms with Gasteiger partial charge in [-0.3, -0.25) is 0 Å². The average molecular weight is 787 g/mol. The van der Waals surface area contributed by atoms with E-state index in [9.17, 15) is 0 Å². The molecule has 2 nitrogen and oxygen atoms in total. The zero-order valence-electron chi connectivity index (χ0n) is 27.7. The van der Waals surface area contributed by atoms with E-state index in [1.165, 1.54) is 172 Å². The van der Waals surface area contributed by atoms with Gasteiger partial charge in [0, 0.05) is 0 Å². The molecule has 0 aliphatic carbocycles. The Morgan fingerprint density at radius 2 is 0.667 bits per heavy atom. The molecule has 39 heavy (non-hydrogen) atoms. The van der Waals surface area contributed by atoms with E-state index < -0.39 is 36.9 Å². The average Bonchev–Trinajstić information content (AvgIpc) is 2.92. The van der Waals surface area contributed by atoms with Gasteiger partial charge >= 0.3 is 263 Å². The number of hydrogen-bond donors (Lipinski definition) is 0. The van der Waals surface area contributed by atoms with Gasteiger partial charge < -0.3 is 0 Å². The number of hydrogen-bond acceptors (Lipinski definition) is 2. The maximum absolute atomic E-state index is 7.76. The Kier molecular flexibility index (Phi) is 31.2. The van der Waals surface area contributed by atoms with Gasteiger partial charge in [0.15, 0.2) is 0 Å². The Morgan fingerprint density at radius 1 is 0.385 bits per heavy atom. The molecule has 0 heterocycles. The molecule has 0 fully saturated rings. The van der Waals surface area contributed by atoms with Crippen LogP contribution in [0, 0.1) is 0 Å². The summed E-state index contributed by atoms with van der Waals surface area (Å²) in [5.74, 6) is 0. The molecule has 0 amide bonds. The van der Waals surface area contributed by atoms with Gasteiger partial charge in [-0.05, 0) is 0 Å². The van der Waals surface area contributed by atoms with E-state index in [4.69, 9.17) is 13.4 Å². The van der Waals surface area contributed by atoms with Crippen LogP contribution in [-0.4, -0.2) is 43.5 Å². The van der Waals surface area contributed by atoms with E-state index in [1.54, 1.807) is 0 Å². The first kappa shape index (κ1) is 40.8. The molecule has 0 saturated carbocycles. The molecule has 5 heteroatoms. The molecule has 0 rings (SSSR count). The fraction of sp³-hybridized carbons (Fsp3) is 1.00. The van der Waals surface area contributed by atoms with Crippen LogP contribution in [0.2, 0.25) is 17.7 Å². The third-order valence-electron chi connectivity index (χ3n) is 8.41. The van der Waals surface area contributed by atoms with Crippen LogP contribution in [-0.2, 0) is 4.49 Å². The number of unbranched alkanes of at least 4 members (excludes halogenated alkanes) is 20. The molecule has 0 aromatic heterocycles. The molecule has 0 aromatic carbocycles. The zero-order chi connectivity index (χ0) is 28.9. The Balaban J connectivity index is 5.36. The summed E-state index contributed by atoms with van der Waals surface area (Å²) in [6.45, 7) is 12.3. The molecule has 0 bridgehead atoms. The third-order valence-corrected chi connectivity index (χ3v) is 45.6. The van der Waals surface area contributed by atoms with Crippen LogP contribution >= 0.6 is 8.92 Å². The second kappa shape index (κ2) is 29.9. The van der Waals surface area contributed by atoms with Crippen molar-refractivity contribution in [1.29, 1.82) is 0 Å². The number of rotatable bonds is 32. The molecule has 0 atom stereocenters. The first-order chi connectivity index (χ1) is 19.0. The number of halogens is 1. The summed E-state index contributed by atoms with van der Waals surface area (Å²) in [5.41, 5.74) is 0. The Bertz CT molecular complexity index is 460.